The quantitative estimate of drug-likeness (QED) is 0.215. The van der Waals surface area contributed by atoms with Crippen molar-refractivity contribution < 1.29 is 0 Å². The van der Waals surface area contributed by atoms with Gasteiger partial charge in [-0.3, -0.25) is 0 Å². The summed E-state index contributed by atoms with van der Waals surface area (Å²) in [7, 11) is 0. The van der Waals surface area contributed by atoms with Gasteiger partial charge in [-0.25, -0.2) is 0 Å². The molecular formula is C20H12Na2. The van der Waals surface area contributed by atoms with Crippen LogP contribution in [-0.2, 0) is 0 Å². The summed E-state index contributed by atoms with van der Waals surface area (Å²) in [6.45, 7) is 0. The molecule has 22 heavy (non-hydrogen) atoms. The van der Waals surface area contributed by atoms with E-state index in [2.05, 4.69) is 72.8 Å². The van der Waals surface area contributed by atoms with E-state index in [9.17, 15) is 0 Å². The van der Waals surface area contributed by atoms with Gasteiger partial charge in [-0.2, -0.15) is 0 Å². The minimum Gasteiger partial charge on any atom is -0.0610 e. The van der Waals surface area contributed by atoms with Gasteiger partial charge in [-0.1, -0.05) is 72.8 Å². The number of benzene rings is 5. The minimum absolute atomic E-state index is 0. The molecule has 0 unspecified atom stereocenters. The number of rotatable bonds is 0. The molecule has 5 rings (SSSR count). The molecule has 5 aromatic rings. The van der Waals surface area contributed by atoms with Crippen molar-refractivity contribution in [1.29, 1.82) is 0 Å². The van der Waals surface area contributed by atoms with Gasteiger partial charge < -0.3 is 0 Å². The monoisotopic (exact) mass is 298 g/mol. The van der Waals surface area contributed by atoms with Crippen LogP contribution in [0.25, 0.3) is 43.1 Å². The van der Waals surface area contributed by atoms with Crippen LogP contribution < -0.4 is 0 Å². The molecule has 0 saturated heterocycles. The average molecular weight is 298 g/mol. The van der Waals surface area contributed by atoms with Crippen LogP contribution in [0.1, 0.15) is 0 Å². The first kappa shape index (κ1) is 16.3. The summed E-state index contributed by atoms with van der Waals surface area (Å²) < 4.78 is 0. The van der Waals surface area contributed by atoms with Gasteiger partial charge in [-0.05, 0) is 43.1 Å². The van der Waals surface area contributed by atoms with Crippen molar-refractivity contribution >= 4 is 102 Å². The fourth-order valence-electron chi connectivity index (χ4n) is 3.58. The second-order valence-electron chi connectivity index (χ2n) is 5.42. The third-order valence-electron chi connectivity index (χ3n) is 4.39. The summed E-state index contributed by atoms with van der Waals surface area (Å²) in [6, 6.07) is 26.4. The zero-order valence-corrected chi connectivity index (χ0v) is 16.9. The molecule has 2 radical (unpaired) electrons. The van der Waals surface area contributed by atoms with Crippen LogP contribution in [-0.4, -0.2) is 59.1 Å². The van der Waals surface area contributed by atoms with E-state index in [0.29, 0.717) is 0 Å². The molecule has 0 aromatic heterocycles. The Balaban J connectivity index is 0.000000720. The molecule has 0 bridgehead atoms. The normalized spacial score (nSPS) is 10.9. The maximum absolute atomic E-state index is 2.25. The van der Waals surface area contributed by atoms with Gasteiger partial charge in [0, 0.05) is 59.1 Å². The van der Waals surface area contributed by atoms with Crippen LogP contribution in [0.2, 0.25) is 0 Å². The first-order valence-corrected chi connectivity index (χ1v) is 6.98. The molecule has 0 spiro atoms. The van der Waals surface area contributed by atoms with E-state index in [1.54, 1.807) is 0 Å². The van der Waals surface area contributed by atoms with Crippen molar-refractivity contribution in [1.82, 2.24) is 0 Å². The SMILES string of the molecule is [Na].[Na].c1cc2cccc3c4cccc5cccc(c(c1)c23)c54. The van der Waals surface area contributed by atoms with Crippen LogP contribution in [0.15, 0.2) is 72.8 Å². The van der Waals surface area contributed by atoms with Crippen molar-refractivity contribution in [3.8, 4) is 0 Å². The summed E-state index contributed by atoms with van der Waals surface area (Å²) in [4.78, 5) is 0. The van der Waals surface area contributed by atoms with E-state index < -0.39 is 0 Å². The molecule has 0 atom stereocenters. The second kappa shape index (κ2) is 6.13. The number of hydrogen-bond donors (Lipinski definition) is 0. The van der Waals surface area contributed by atoms with Gasteiger partial charge in [0.25, 0.3) is 0 Å². The average Bonchev–Trinajstić information content (AvgIpc) is 2.52. The fourth-order valence-corrected chi connectivity index (χ4v) is 3.58. The van der Waals surface area contributed by atoms with Gasteiger partial charge in [0.1, 0.15) is 0 Å². The van der Waals surface area contributed by atoms with Crippen LogP contribution in [0.3, 0.4) is 0 Å². The zero-order chi connectivity index (χ0) is 13.1. The Bertz CT molecular complexity index is 927. The van der Waals surface area contributed by atoms with E-state index in [0.717, 1.165) is 0 Å². The largest absolute Gasteiger partial charge is 0.0610 e. The van der Waals surface area contributed by atoms with Gasteiger partial charge in [0.2, 0.25) is 0 Å². The third kappa shape index (κ3) is 2.14. The Labute approximate surface area is 173 Å². The van der Waals surface area contributed by atoms with Crippen molar-refractivity contribution in [3.05, 3.63) is 72.8 Å². The minimum atomic E-state index is 0. The summed E-state index contributed by atoms with van der Waals surface area (Å²) in [5, 5.41) is 10.9. The molecule has 0 amide bonds. The first-order chi connectivity index (χ1) is 9.93. The molecular weight excluding hydrogens is 286 g/mol. The van der Waals surface area contributed by atoms with Crippen molar-refractivity contribution in [2.75, 3.05) is 0 Å². The molecule has 0 saturated carbocycles. The third-order valence-corrected chi connectivity index (χ3v) is 4.39. The van der Waals surface area contributed by atoms with E-state index in [-0.39, 0.29) is 59.1 Å². The molecule has 94 valence electrons. The predicted octanol–water partition coefficient (Wildman–Crippen LogP) is 4.98. The summed E-state index contributed by atoms with van der Waals surface area (Å²) in [5.74, 6) is 0. The maximum Gasteiger partial charge on any atom is 0 e. The molecule has 0 aliphatic heterocycles. The van der Waals surface area contributed by atoms with Crippen LogP contribution in [0, 0.1) is 0 Å². The standard InChI is InChI=1S/C20H12.2Na/c1-5-13-6-2-11-17-18-12-4-8-14-7-3-10-16(20(14)18)15(9-1)19(13)17;;/h1-12H;;. The van der Waals surface area contributed by atoms with E-state index in [1.165, 1.54) is 43.1 Å². The Morgan fingerprint density at radius 1 is 0.364 bits per heavy atom. The zero-order valence-electron chi connectivity index (χ0n) is 12.9. The van der Waals surface area contributed by atoms with Crippen molar-refractivity contribution in [2.45, 2.75) is 0 Å². The predicted molar refractivity (Wildman–Crippen MR) is 99.2 cm³/mol. The molecule has 0 fully saturated rings. The Morgan fingerprint density at radius 3 is 0.909 bits per heavy atom. The van der Waals surface area contributed by atoms with Gasteiger partial charge >= 0.3 is 0 Å². The summed E-state index contributed by atoms with van der Waals surface area (Å²) in [5.41, 5.74) is 0. The van der Waals surface area contributed by atoms with Crippen molar-refractivity contribution in [3.63, 3.8) is 0 Å². The fraction of sp³-hybridized carbons (Fsp3) is 0. The van der Waals surface area contributed by atoms with Crippen LogP contribution in [0.5, 0.6) is 0 Å². The van der Waals surface area contributed by atoms with Crippen LogP contribution in [0.4, 0.5) is 0 Å². The summed E-state index contributed by atoms with van der Waals surface area (Å²) in [6.07, 6.45) is 0. The Kier molecular flexibility index (Phi) is 4.53. The Morgan fingerprint density at radius 2 is 0.636 bits per heavy atom. The second-order valence-corrected chi connectivity index (χ2v) is 5.42. The van der Waals surface area contributed by atoms with Crippen molar-refractivity contribution in [2.24, 2.45) is 0 Å². The van der Waals surface area contributed by atoms with Gasteiger partial charge in [0.05, 0.1) is 0 Å². The molecule has 2 heteroatoms. The number of fused-ring (bicyclic) bond motifs is 2. The smallest absolute Gasteiger partial charge is 0 e. The Hall–Kier alpha value is -0.600. The van der Waals surface area contributed by atoms with E-state index in [4.69, 9.17) is 0 Å². The number of hydrogen-bond acceptors (Lipinski definition) is 0. The summed E-state index contributed by atoms with van der Waals surface area (Å²) >= 11 is 0. The molecule has 0 aliphatic rings. The first-order valence-electron chi connectivity index (χ1n) is 6.98. The van der Waals surface area contributed by atoms with E-state index in [1.807, 2.05) is 0 Å². The molecule has 0 aliphatic carbocycles. The molecule has 0 N–H and O–H groups in total. The maximum atomic E-state index is 2.25. The van der Waals surface area contributed by atoms with Gasteiger partial charge in [0.15, 0.2) is 0 Å². The van der Waals surface area contributed by atoms with Crippen LogP contribution >= 0.6 is 0 Å². The molecule has 0 nitrogen and oxygen atoms in total. The molecule has 5 aromatic carbocycles. The van der Waals surface area contributed by atoms with E-state index >= 15 is 0 Å². The molecule has 0 heterocycles. The van der Waals surface area contributed by atoms with Gasteiger partial charge in [-0.15, -0.1) is 0 Å². The topological polar surface area (TPSA) is 0 Å².